The average Bonchev–Trinajstić information content (AvgIpc) is 3.36. The highest BCUT2D eigenvalue weighted by Crippen LogP contribution is 2.27. The first-order valence-corrected chi connectivity index (χ1v) is 12.5. The third kappa shape index (κ3) is 5.39. The van der Waals surface area contributed by atoms with Gasteiger partial charge in [-0.05, 0) is 63.2 Å². The molecule has 10 heteroatoms. The Labute approximate surface area is 216 Å². The molecular formula is C27H32N8O2. The number of carbonyl (C=O) groups excluding carboxylic acids is 1. The molecule has 1 amide bonds. The first-order valence-electron chi connectivity index (χ1n) is 12.5. The minimum atomic E-state index is -0.140. The van der Waals surface area contributed by atoms with Crippen molar-refractivity contribution in [3.8, 4) is 17.0 Å². The van der Waals surface area contributed by atoms with Gasteiger partial charge in [0.15, 0.2) is 5.65 Å². The van der Waals surface area contributed by atoms with Gasteiger partial charge in [0.2, 0.25) is 0 Å². The van der Waals surface area contributed by atoms with E-state index in [-0.39, 0.29) is 5.91 Å². The van der Waals surface area contributed by atoms with Gasteiger partial charge in [-0.2, -0.15) is 5.10 Å². The third-order valence-electron chi connectivity index (χ3n) is 6.91. The highest BCUT2D eigenvalue weighted by molar-refractivity contribution is 5.94. The van der Waals surface area contributed by atoms with Crippen LogP contribution in [0.15, 0.2) is 49.1 Å². The van der Waals surface area contributed by atoms with Gasteiger partial charge in [0, 0.05) is 42.4 Å². The first kappa shape index (κ1) is 24.6. The van der Waals surface area contributed by atoms with Gasteiger partial charge in [-0.25, -0.2) is 19.6 Å². The first-order chi connectivity index (χ1) is 18.1. The summed E-state index contributed by atoms with van der Waals surface area (Å²) < 4.78 is 7.57. The largest absolute Gasteiger partial charge is 0.496 e. The SMILES string of the molecule is CNC(=O)c1ccc(CCNc2cc(-c3cnc4c(cnn4C4CCN(C)CC4)c3)ncn2)c(OC)c1. The number of benzene rings is 1. The fourth-order valence-corrected chi connectivity index (χ4v) is 4.76. The molecule has 0 aliphatic carbocycles. The van der Waals surface area contributed by atoms with Crippen LogP contribution in [0.25, 0.3) is 22.3 Å². The summed E-state index contributed by atoms with van der Waals surface area (Å²) in [6.45, 7) is 2.80. The van der Waals surface area contributed by atoms with Crippen molar-refractivity contribution in [1.29, 1.82) is 0 Å². The number of pyridine rings is 1. The molecule has 10 nitrogen and oxygen atoms in total. The smallest absolute Gasteiger partial charge is 0.251 e. The molecule has 3 aromatic heterocycles. The van der Waals surface area contributed by atoms with E-state index in [0.29, 0.717) is 30.3 Å². The molecule has 2 N–H and O–H groups in total. The lowest BCUT2D eigenvalue weighted by Crippen LogP contribution is -2.31. The molecule has 37 heavy (non-hydrogen) atoms. The summed E-state index contributed by atoms with van der Waals surface area (Å²) in [5.41, 5.74) is 4.22. The number of fused-ring (bicyclic) bond motifs is 1. The molecule has 0 spiro atoms. The van der Waals surface area contributed by atoms with Crippen molar-refractivity contribution in [2.45, 2.75) is 25.3 Å². The zero-order valence-corrected chi connectivity index (χ0v) is 21.4. The molecule has 4 aromatic rings. The fourth-order valence-electron chi connectivity index (χ4n) is 4.76. The predicted molar refractivity (Wildman–Crippen MR) is 143 cm³/mol. The third-order valence-corrected chi connectivity index (χ3v) is 6.91. The zero-order valence-electron chi connectivity index (χ0n) is 21.4. The van der Waals surface area contributed by atoms with Crippen LogP contribution >= 0.6 is 0 Å². The highest BCUT2D eigenvalue weighted by atomic mass is 16.5. The van der Waals surface area contributed by atoms with Gasteiger partial charge < -0.3 is 20.3 Å². The van der Waals surface area contributed by atoms with Gasteiger partial charge in [0.05, 0.1) is 25.0 Å². The van der Waals surface area contributed by atoms with Crippen molar-refractivity contribution in [2.75, 3.05) is 46.2 Å². The summed E-state index contributed by atoms with van der Waals surface area (Å²) in [6.07, 6.45) is 8.19. The predicted octanol–water partition coefficient (Wildman–Crippen LogP) is 3.18. The second kappa shape index (κ2) is 10.9. The Morgan fingerprint density at radius 1 is 1.11 bits per heavy atom. The standard InChI is InChI=1S/C27H32N8O2/c1-28-27(36)19-5-4-18(24(13-19)37-3)6-9-29-25-14-23(31-17-32-25)20-12-21-16-33-35(26(21)30-15-20)22-7-10-34(2)11-8-22/h4-5,12-17,22H,6-11H2,1-3H3,(H,28,36)(H,29,31,32). The maximum Gasteiger partial charge on any atom is 0.251 e. The Hall–Kier alpha value is -4.05. The second-order valence-electron chi connectivity index (χ2n) is 9.33. The van der Waals surface area contributed by atoms with E-state index in [9.17, 15) is 4.79 Å². The van der Waals surface area contributed by atoms with Crippen molar-refractivity contribution in [3.05, 3.63) is 60.2 Å². The van der Waals surface area contributed by atoms with Gasteiger partial charge in [-0.15, -0.1) is 0 Å². The van der Waals surface area contributed by atoms with E-state index < -0.39 is 0 Å². The number of likely N-dealkylation sites (tertiary alicyclic amines) is 1. The highest BCUT2D eigenvalue weighted by Gasteiger charge is 2.21. The second-order valence-corrected chi connectivity index (χ2v) is 9.33. The molecule has 1 saturated heterocycles. The number of hydrogen-bond acceptors (Lipinski definition) is 8. The number of hydrogen-bond donors (Lipinski definition) is 2. The van der Waals surface area contributed by atoms with Gasteiger partial charge >= 0.3 is 0 Å². The van der Waals surface area contributed by atoms with Crippen molar-refractivity contribution in [1.82, 2.24) is 34.9 Å². The van der Waals surface area contributed by atoms with E-state index >= 15 is 0 Å². The van der Waals surface area contributed by atoms with E-state index in [1.165, 1.54) is 0 Å². The van der Waals surface area contributed by atoms with Crippen LogP contribution in [0.2, 0.25) is 0 Å². The summed E-state index contributed by atoms with van der Waals surface area (Å²) in [7, 11) is 5.38. The molecule has 0 radical (unpaired) electrons. The topological polar surface area (TPSA) is 110 Å². The van der Waals surface area contributed by atoms with E-state index in [0.717, 1.165) is 59.6 Å². The Morgan fingerprint density at radius 3 is 2.73 bits per heavy atom. The van der Waals surface area contributed by atoms with Crippen LogP contribution in [0, 0.1) is 0 Å². The summed E-state index contributed by atoms with van der Waals surface area (Å²) in [4.78, 5) is 27.8. The number of ether oxygens (including phenoxy) is 1. The van der Waals surface area contributed by atoms with E-state index in [2.05, 4.69) is 48.4 Å². The van der Waals surface area contributed by atoms with Crippen LogP contribution in [0.4, 0.5) is 5.82 Å². The van der Waals surface area contributed by atoms with Crippen molar-refractivity contribution in [3.63, 3.8) is 0 Å². The number of piperidine rings is 1. The molecule has 0 atom stereocenters. The molecule has 1 aliphatic rings. The van der Waals surface area contributed by atoms with Crippen LogP contribution in [0.3, 0.4) is 0 Å². The Balaban J connectivity index is 1.26. The Morgan fingerprint density at radius 2 is 1.95 bits per heavy atom. The number of anilines is 1. The Kier molecular flexibility index (Phi) is 7.27. The van der Waals surface area contributed by atoms with Crippen LogP contribution in [0.1, 0.15) is 34.8 Å². The molecule has 1 aliphatic heterocycles. The van der Waals surface area contributed by atoms with Crippen molar-refractivity contribution >= 4 is 22.8 Å². The molecular weight excluding hydrogens is 468 g/mol. The van der Waals surface area contributed by atoms with Crippen molar-refractivity contribution in [2.24, 2.45) is 0 Å². The monoisotopic (exact) mass is 500 g/mol. The lowest BCUT2D eigenvalue weighted by atomic mass is 10.1. The number of carbonyl (C=O) groups is 1. The maximum atomic E-state index is 11.9. The summed E-state index contributed by atoms with van der Waals surface area (Å²) in [6, 6.07) is 9.89. The zero-order chi connectivity index (χ0) is 25.8. The van der Waals surface area contributed by atoms with Gasteiger partial charge in [-0.3, -0.25) is 4.79 Å². The number of nitrogens with zero attached hydrogens (tertiary/aromatic N) is 6. The molecule has 5 rings (SSSR count). The van der Waals surface area contributed by atoms with Crippen LogP contribution in [-0.4, -0.2) is 76.4 Å². The van der Waals surface area contributed by atoms with Crippen molar-refractivity contribution < 1.29 is 9.53 Å². The molecule has 4 heterocycles. The van der Waals surface area contributed by atoms with E-state index in [4.69, 9.17) is 9.72 Å². The maximum absolute atomic E-state index is 11.9. The fraction of sp³-hybridized carbons (Fsp3) is 0.370. The van der Waals surface area contributed by atoms with Crippen LogP contribution < -0.4 is 15.4 Å². The minimum absolute atomic E-state index is 0.140. The molecule has 192 valence electrons. The van der Waals surface area contributed by atoms with Crippen LogP contribution in [-0.2, 0) is 6.42 Å². The molecule has 0 unspecified atom stereocenters. The average molecular weight is 501 g/mol. The van der Waals surface area contributed by atoms with E-state index in [1.54, 1.807) is 32.6 Å². The molecule has 1 fully saturated rings. The minimum Gasteiger partial charge on any atom is -0.496 e. The normalized spacial score (nSPS) is 14.6. The van der Waals surface area contributed by atoms with Gasteiger partial charge in [0.25, 0.3) is 5.91 Å². The number of nitrogens with one attached hydrogen (secondary N) is 2. The number of aromatic nitrogens is 5. The number of amides is 1. The lowest BCUT2D eigenvalue weighted by Gasteiger charge is -2.29. The van der Waals surface area contributed by atoms with Crippen LogP contribution in [0.5, 0.6) is 5.75 Å². The summed E-state index contributed by atoms with van der Waals surface area (Å²) in [5.74, 6) is 1.28. The summed E-state index contributed by atoms with van der Waals surface area (Å²) in [5, 5.41) is 11.7. The molecule has 1 aromatic carbocycles. The van der Waals surface area contributed by atoms with Gasteiger partial charge in [0.1, 0.15) is 17.9 Å². The number of rotatable bonds is 8. The van der Waals surface area contributed by atoms with E-state index in [1.807, 2.05) is 24.5 Å². The lowest BCUT2D eigenvalue weighted by molar-refractivity contribution is 0.0962. The Bertz CT molecular complexity index is 1390. The quantitative estimate of drug-likeness (QED) is 0.380. The van der Waals surface area contributed by atoms with Gasteiger partial charge in [-0.1, -0.05) is 6.07 Å². The molecule has 0 saturated carbocycles. The number of methoxy groups -OCH3 is 1. The molecule has 0 bridgehead atoms. The summed E-state index contributed by atoms with van der Waals surface area (Å²) >= 11 is 0.